The number of hydrogen-bond acceptors (Lipinski definition) is 3. The van der Waals surface area contributed by atoms with E-state index in [1.807, 2.05) is 12.3 Å². The van der Waals surface area contributed by atoms with E-state index in [4.69, 9.17) is 4.42 Å². The molecule has 1 aliphatic rings. The summed E-state index contributed by atoms with van der Waals surface area (Å²) in [5, 5.41) is 3.29. The van der Waals surface area contributed by atoms with Crippen molar-refractivity contribution in [3.05, 3.63) is 188 Å². The summed E-state index contributed by atoms with van der Waals surface area (Å²) in [5.41, 5.74) is 11.0. The molecular formula is C45H32N2O. The maximum atomic E-state index is 6.33. The molecule has 0 spiro atoms. The Kier molecular flexibility index (Phi) is 6.94. The Morgan fingerprint density at radius 1 is 0.500 bits per heavy atom. The van der Waals surface area contributed by atoms with Gasteiger partial charge < -0.3 is 9.32 Å². The first-order valence-electron chi connectivity index (χ1n) is 16.5. The Labute approximate surface area is 279 Å². The number of rotatable bonds is 6. The van der Waals surface area contributed by atoms with Gasteiger partial charge in [0.1, 0.15) is 5.58 Å². The van der Waals surface area contributed by atoms with Gasteiger partial charge in [0.15, 0.2) is 5.58 Å². The van der Waals surface area contributed by atoms with Crippen molar-refractivity contribution in [2.24, 2.45) is 0 Å². The van der Waals surface area contributed by atoms with Gasteiger partial charge in [-0.25, -0.2) is 0 Å². The first-order chi connectivity index (χ1) is 23.8. The van der Waals surface area contributed by atoms with E-state index >= 15 is 0 Å². The zero-order valence-electron chi connectivity index (χ0n) is 26.3. The van der Waals surface area contributed by atoms with Crippen LogP contribution >= 0.6 is 0 Å². The van der Waals surface area contributed by atoms with Gasteiger partial charge in [-0.1, -0.05) is 140 Å². The third-order valence-corrected chi connectivity index (χ3v) is 9.53. The molecule has 6 aromatic carbocycles. The highest BCUT2D eigenvalue weighted by Crippen LogP contribution is 2.41. The summed E-state index contributed by atoms with van der Waals surface area (Å²) < 4.78 is 6.33. The van der Waals surface area contributed by atoms with Crippen LogP contribution in [0.3, 0.4) is 0 Å². The largest absolute Gasteiger partial charge is 0.454 e. The summed E-state index contributed by atoms with van der Waals surface area (Å²) in [7, 11) is 0. The Morgan fingerprint density at radius 2 is 1.10 bits per heavy atom. The van der Waals surface area contributed by atoms with Crippen molar-refractivity contribution in [1.82, 2.24) is 4.98 Å². The lowest BCUT2D eigenvalue weighted by molar-refractivity contribution is 0.666. The van der Waals surface area contributed by atoms with Gasteiger partial charge in [-0.15, -0.1) is 0 Å². The van der Waals surface area contributed by atoms with Crippen LogP contribution in [0.25, 0.3) is 55.1 Å². The van der Waals surface area contributed by atoms with Crippen molar-refractivity contribution in [3.8, 4) is 22.3 Å². The normalized spacial score (nSPS) is 15.8. The van der Waals surface area contributed by atoms with Crippen molar-refractivity contribution in [2.45, 2.75) is 12.0 Å². The molecule has 0 saturated heterocycles. The van der Waals surface area contributed by atoms with Crippen LogP contribution in [0.4, 0.5) is 11.4 Å². The lowest BCUT2D eigenvalue weighted by Crippen LogP contribution is -2.35. The highest BCUT2D eigenvalue weighted by atomic mass is 16.3. The van der Waals surface area contributed by atoms with Crippen LogP contribution in [-0.4, -0.2) is 11.0 Å². The SMILES string of the molecule is C1=CC(c2ccccc2)C(N(c2ccc(-c3ccc(-c4ccccc4)cc3)cc2)c2ccc3oc4cnc5ccccc5c4c3c2)C=C1. The summed E-state index contributed by atoms with van der Waals surface area (Å²) in [6, 6.07) is 54.1. The number of furan rings is 1. The minimum Gasteiger partial charge on any atom is -0.454 e. The third kappa shape index (κ3) is 4.97. The molecule has 8 aromatic rings. The Hall–Kier alpha value is -6.19. The second-order valence-corrected chi connectivity index (χ2v) is 12.4. The Balaban J connectivity index is 1.16. The molecular weight excluding hydrogens is 585 g/mol. The number of pyridine rings is 1. The zero-order chi connectivity index (χ0) is 31.9. The van der Waals surface area contributed by atoms with Crippen LogP contribution in [0.2, 0.25) is 0 Å². The average molecular weight is 617 g/mol. The average Bonchev–Trinajstić information content (AvgIpc) is 3.55. The fourth-order valence-corrected chi connectivity index (χ4v) is 7.17. The van der Waals surface area contributed by atoms with Crippen LogP contribution < -0.4 is 4.90 Å². The Bertz CT molecular complexity index is 2440. The highest BCUT2D eigenvalue weighted by molar-refractivity contribution is 6.18. The van der Waals surface area contributed by atoms with E-state index in [0.717, 1.165) is 44.2 Å². The fraction of sp³-hybridized carbons (Fsp3) is 0.0444. The fourth-order valence-electron chi connectivity index (χ4n) is 7.17. The molecule has 3 heteroatoms. The summed E-state index contributed by atoms with van der Waals surface area (Å²) in [6.45, 7) is 0. The molecule has 0 bridgehead atoms. The van der Waals surface area contributed by atoms with Crippen LogP contribution in [0.1, 0.15) is 11.5 Å². The first-order valence-corrected chi connectivity index (χ1v) is 16.5. The topological polar surface area (TPSA) is 29.3 Å². The molecule has 9 rings (SSSR count). The van der Waals surface area contributed by atoms with Crippen molar-refractivity contribution in [3.63, 3.8) is 0 Å². The van der Waals surface area contributed by atoms with Crippen LogP contribution in [-0.2, 0) is 0 Å². The van der Waals surface area contributed by atoms with E-state index < -0.39 is 0 Å². The van der Waals surface area contributed by atoms with Gasteiger partial charge in [0.05, 0.1) is 17.8 Å². The monoisotopic (exact) mass is 616 g/mol. The number of nitrogens with zero attached hydrogens (tertiary/aromatic N) is 2. The number of anilines is 2. The molecule has 0 saturated carbocycles. The third-order valence-electron chi connectivity index (χ3n) is 9.53. The number of para-hydroxylation sites is 1. The lowest BCUT2D eigenvalue weighted by atomic mass is 9.86. The predicted octanol–water partition coefficient (Wildman–Crippen LogP) is 11.9. The van der Waals surface area contributed by atoms with Gasteiger partial charge in [0.2, 0.25) is 0 Å². The summed E-state index contributed by atoms with van der Waals surface area (Å²) >= 11 is 0. The number of allylic oxidation sites excluding steroid dienone is 2. The second-order valence-electron chi connectivity index (χ2n) is 12.4. The minimum absolute atomic E-state index is 0.0578. The smallest absolute Gasteiger partial charge is 0.154 e. The van der Waals surface area contributed by atoms with Gasteiger partial charge in [-0.05, 0) is 64.2 Å². The minimum atomic E-state index is 0.0578. The lowest BCUT2D eigenvalue weighted by Gasteiger charge is -2.37. The standard InChI is InChI=1S/C45H32N2O/c1-3-11-31(12-4-1)32-19-21-33(22-20-32)34-23-25-36(26-24-34)47(42-18-10-8-15-38(42)35-13-5-2-6-14-35)37-27-28-43-40(29-37)45-39-16-7-9-17-41(39)46-30-44(45)48-43/h1-30,38,42H. The zero-order valence-corrected chi connectivity index (χ0v) is 26.3. The number of hydrogen-bond donors (Lipinski definition) is 0. The van der Waals surface area contributed by atoms with E-state index in [-0.39, 0.29) is 12.0 Å². The molecule has 2 aromatic heterocycles. The van der Waals surface area contributed by atoms with Gasteiger partial charge in [-0.2, -0.15) is 0 Å². The molecule has 2 unspecified atom stereocenters. The molecule has 0 radical (unpaired) electrons. The van der Waals surface area contributed by atoms with Crippen LogP contribution in [0.5, 0.6) is 0 Å². The molecule has 3 nitrogen and oxygen atoms in total. The maximum absolute atomic E-state index is 6.33. The number of fused-ring (bicyclic) bond motifs is 5. The second kappa shape index (κ2) is 11.9. The van der Waals surface area contributed by atoms with Crippen molar-refractivity contribution < 1.29 is 4.42 Å². The van der Waals surface area contributed by atoms with E-state index in [0.29, 0.717) is 0 Å². The molecule has 1 aliphatic carbocycles. The maximum Gasteiger partial charge on any atom is 0.154 e. The molecule has 2 atom stereocenters. The molecule has 48 heavy (non-hydrogen) atoms. The summed E-state index contributed by atoms with van der Waals surface area (Å²) in [4.78, 5) is 7.13. The molecule has 0 N–H and O–H groups in total. The van der Waals surface area contributed by atoms with E-state index in [2.05, 4.69) is 180 Å². The van der Waals surface area contributed by atoms with Gasteiger partial charge in [0.25, 0.3) is 0 Å². The summed E-state index contributed by atoms with van der Waals surface area (Å²) in [6.07, 6.45) is 10.8. The van der Waals surface area contributed by atoms with E-state index in [1.165, 1.54) is 27.8 Å². The van der Waals surface area contributed by atoms with Crippen molar-refractivity contribution >= 4 is 44.2 Å². The highest BCUT2D eigenvalue weighted by Gasteiger charge is 2.29. The van der Waals surface area contributed by atoms with Crippen molar-refractivity contribution in [1.29, 1.82) is 0 Å². The van der Waals surface area contributed by atoms with Crippen LogP contribution in [0, 0.1) is 0 Å². The number of aromatic nitrogens is 1. The van der Waals surface area contributed by atoms with E-state index in [1.54, 1.807) is 0 Å². The van der Waals surface area contributed by atoms with E-state index in [9.17, 15) is 0 Å². The summed E-state index contributed by atoms with van der Waals surface area (Å²) in [5.74, 6) is 0.170. The molecule has 0 aliphatic heterocycles. The first kappa shape index (κ1) is 28.1. The predicted molar refractivity (Wildman–Crippen MR) is 200 cm³/mol. The quantitative estimate of drug-likeness (QED) is 0.186. The molecule has 0 fully saturated rings. The Morgan fingerprint density at radius 3 is 1.85 bits per heavy atom. The van der Waals surface area contributed by atoms with Crippen LogP contribution in [0.15, 0.2) is 187 Å². The molecule has 0 amide bonds. The van der Waals surface area contributed by atoms with Gasteiger partial charge in [-0.3, -0.25) is 4.98 Å². The molecule has 228 valence electrons. The number of benzene rings is 6. The van der Waals surface area contributed by atoms with Gasteiger partial charge >= 0.3 is 0 Å². The van der Waals surface area contributed by atoms with Crippen molar-refractivity contribution in [2.75, 3.05) is 4.90 Å². The van der Waals surface area contributed by atoms with Gasteiger partial charge in [0, 0.05) is 33.5 Å². The molecule has 2 heterocycles.